The number of hydrogen-bond donors (Lipinski definition) is 2. The summed E-state index contributed by atoms with van der Waals surface area (Å²) in [4.78, 5) is 30.9. The molecule has 5 heteroatoms. The second-order valence-electron chi connectivity index (χ2n) is 4.70. The number of nitrogens with zero attached hydrogens (tertiary/aromatic N) is 1. The maximum Gasteiger partial charge on any atom is 0.291 e. The Morgan fingerprint density at radius 3 is 2.62 bits per heavy atom. The van der Waals surface area contributed by atoms with Gasteiger partial charge in [-0.05, 0) is 30.7 Å². The molecule has 0 unspecified atom stereocenters. The van der Waals surface area contributed by atoms with Crippen LogP contribution in [0, 0.1) is 6.92 Å². The molecule has 3 aromatic rings. The highest BCUT2D eigenvalue weighted by molar-refractivity contribution is 6.02. The van der Waals surface area contributed by atoms with Gasteiger partial charge < -0.3 is 10.3 Å². The lowest BCUT2D eigenvalue weighted by molar-refractivity contribution is 0.101. The summed E-state index contributed by atoms with van der Waals surface area (Å²) in [5.74, 6) is -0.436. The molecule has 0 bridgehead atoms. The molecule has 3 rings (SSSR count). The standard InChI is InChI=1S/C16H13N3O2/c1-10-6-2-4-8-12(10)18-16(21)14-17-13-9-5-3-7-11(13)15(20)19-14/h2-9H,1H3,(H,18,21)(H,17,19,20). The average molecular weight is 279 g/mol. The smallest absolute Gasteiger partial charge is 0.291 e. The van der Waals surface area contributed by atoms with Gasteiger partial charge in [-0.15, -0.1) is 0 Å². The number of aromatic amines is 1. The molecule has 0 fully saturated rings. The van der Waals surface area contributed by atoms with Crippen LogP contribution in [0.4, 0.5) is 5.69 Å². The molecular weight excluding hydrogens is 266 g/mol. The third-order valence-electron chi connectivity index (χ3n) is 3.22. The predicted molar refractivity (Wildman–Crippen MR) is 81.5 cm³/mol. The van der Waals surface area contributed by atoms with Crippen LogP contribution in [0.2, 0.25) is 0 Å². The highest BCUT2D eigenvalue weighted by Gasteiger charge is 2.12. The Morgan fingerprint density at radius 1 is 1.10 bits per heavy atom. The number of anilines is 1. The first-order valence-electron chi connectivity index (χ1n) is 6.51. The first kappa shape index (κ1) is 13.1. The average Bonchev–Trinajstić information content (AvgIpc) is 2.49. The fraction of sp³-hybridized carbons (Fsp3) is 0.0625. The van der Waals surface area contributed by atoms with E-state index in [2.05, 4.69) is 15.3 Å². The summed E-state index contributed by atoms with van der Waals surface area (Å²) < 4.78 is 0. The second-order valence-corrected chi connectivity index (χ2v) is 4.70. The third kappa shape index (κ3) is 2.53. The summed E-state index contributed by atoms with van der Waals surface area (Å²) in [6, 6.07) is 14.3. The molecule has 2 aromatic carbocycles. The van der Waals surface area contributed by atoms with Crippen molar-refractivity contribution in [3.63, 3.8) is 0 Å². The van der Waals surface area contributed by atoms with Crippen LogP contribution >= 0.6 is 0 Å². The number of H-pyrrole nitrogens is 1. The Bertz CT molecular complexity index is 884. The van der Waals surface area contributed by atoms with Crippen molar-refractivity contribution in [2.75, 3.05) is 5.32 Å². The molecule has 0 spiro atoms. The molecule has 0 aliphatic rings. The van der Waals surface area contributed by atoms with Gasteiger partial charge in [0.05, 0.1) is 10.9 Å². The second kappa shape index (κ2) is 5.20. The number of aryl methyl sites for hydroxylation is 1. The SMILES string of the molecule is Cc1ccccc1NC(=O)c1nc2ccccc2c(=O)[nH]1. The van der Waals surface area contributed by atoms with Gasteiger partial charge in [0.1, 0.15) is 0 Å². The van der Waals surface area contributed by atoms with Gasteiger partial charge in [-0.3, -0.25) is 9.59 Å². The van der Waals surface area contributed by atoms with E-state index >= 15 is 0 Å². The van der Waals surface area contributed by atoms with Crippen LogP contribution in [0.5, 0.6) is 0 Å². The summed E-state index contributed by atoms with van der Waals surface area (Å²) in [6.07, 6.45) is 0. The Labute approximate surface area is 120 Å². The molecule has 0 radical (unpaired) electrons. The van der Waals surface area contributed by atoms with E-state index in [0.29, 0.717) is 16.6 Å². The maximum atomic E-state index is 12.2. The normalized spacial score (nSPS) is 10.5. The summed E-state index contributed by atoms with van der Waals surface area (Å²) >= 11 is 0. The molecule has 0 aliphatic heterocycles. The van der Waals surface area contributed by atoms with Crippen molar-refractivity contribution < 1.29 is 4.79 Å². The Hall–Kier alpha value is -2.95. The molecular formula is C16H13N3O2. The molecule has 0 saturated heterocycles. The summed E-state index contributed by atoms with van der Waals surface area (Å²) in [5.41, 5.74) is 1.80. The molecule has 1 heterocycles. The van der Waals surface area contributed by atoms with Gasteiger partial charge in [0.15, 0.2) is 5.82 Å². The molecule has 2 N–H and O–H groups in total. The van der Waals surface area contributed by atoms with Gasteiger partial charge >= 0.3 is 0 Å². The van der Waals surface area contributed by atoms with Crippen LogP contribution in [0.15, 0.2) is 53.3 Å². The quantitative estimate of drug-likeness (QED) is 0.756. The van der Waals surface area contributed by atoms with Gasteiger partial charge in [0.2, 0.25) is 0 Å². The largest absolute Gasteiger partial charge is 0.319 e. The number of amides is 1. The van der Waals surface area contributed by atoms with Crippen molar-refractivity contribution in [1.82, 2.24) is 9.97 Å². The van der Waals surface area contributed by atoms with E-state index in [4.69, 9.17) is 0 Å². The number of benzene rings is 2. The molecule has 0 aliphatic carbocycles. The summed E-state index contributed by atoms with van der Waals surface area (Å²) in [6.45, 7) is 1.90. The minimum absolute atomic E-state index is 0.00181. The van der Waals surface area contributed by atoms with E-state index in [-0.39, 0.29) is 11.4 Å². The highest BCUT2D eigenvalue weighted by Crippen LogP contribution is 2.14. The number of hydrogen-bond acceptors (Lipinski definition) is 3. The zero-order valence-electron chi connectivity index (χ0n) is 11.4. The van der Waals surface area contributed by atoms with Crippen LogP contribution in [0.25, 0.3) is 10.9 Å². The lowest BCUT2D eigenvalue weighted by Gasteiger charge is -2.07. The third-order valence-corrected chi connectivity index (χ3v) is 3.22. The number of fused-ring (bicyclic) bond motifs is 1. The van der Waals surface area contributed by atoms with E-state index in [1.54, 1.807) is 30.3 Å². The van der Waals surface area contributed by atoms with E-state index in [0.717, 1.165) is 5.56 Å². The van der Waals surface area contributed by atoms with Crippen molar-refractivity contribution in [2.24, 2.45) is 0 Å². The molecule has 1 amide bonds. The molecule has 0 saturated carbocycles. The minimum Gasteiger partial charge on any atom is -0.319 e. The number of rotatable bonds is 2. The maximum absolute atomic E-state index is 12.2. The first-order valence-corrected chi connectivity index (χ1v) is 6.51. The summed E-state index contributed by atoms with van der Waals surface area (Å²) in [5, 5.41) is 3.21. The van der Waals surface area contributed by atoms with Crippen LogP contribution < -0.4 is 10.9 Å². The number of aromatic nitrogens is 2. The van der Waals surface area contributed by atoms with Crippen molar-refractivity contribution >= 4 is 22.5 Å². The van der Waals surface area contributed by atoms with Crippen LogP contribution in [-0.2, 0) is 0 Å². The molecule has 104 valence electrons. The topological polar surface area (TPSA) is 74.8 Å². The van der Waals surface area contributed by atoms with E-state index in [1.165, 1.54) is 0 Å². The van der Waals surface area contributed by atoms with Crippen LogP contribution in [-0.4, -0.2) is 15.9 Å². The predicted octanol–water partition coefficient (Wildman–Crippen LogP) is 2.48. The van der Waals surface area contributed by atoms with Crippen molar-refractivity contribution in [1.29, 1.82) is 0 Å². The van der Waals surface area contributed by atoms with Crippen molar-refractivity contribution in [3.8, 4) is 0 Å². The van der Waals surface area contributed by atoms with E-state index < -0.39 is 5.91 Å². The summed E-state index contributed by atoms with van der Waals surface area (Å²) in [7, 11) is 0. The van der Waals surface area contributed by atoms with Crippen molar-refractivity contribution in [3.05, 3.63) is 70.3 Å². The Balaban J connectivity index is 1.99. The van der Waals surface area contributed by atoms with Gasteiger partial charge in [0, 0.05) is 5.69 Å². The number of nitrogens with one attached hydrogen (secondary N) is 2. The van der Waals surface area contributed by atoms with E-state index in [9.17, 15) is 9.59 Å². The fourth-order valence-corrected chi connectivity index (χ4v) is 2.09. The van der Waals surface area contributed by atoms with Gasteiger partial charge in [0.25, 0.3) is 11.5 Å². The number of carbonyl (C=O) groups excluding carboxylic acids is 1. The zero-order valence-corrected chi connectivity index (χ0v) is 11.4. The Morgan fingerprint density at radius 2 is 1.81 bits per heavy atom. The number of para-hydroxylation sites is 2. The highest BCUT2D eigenvalue weighted by atomic mass is 16.2. The van der Waals surface area contributed by atoms with Gasteiger partial charge in [-0.1, -0.05) is 30.3 Å². The van der Waals surface area contributed by atoms with Crippen molar-refractivity contribution in [2.45, 2.75) is 6.92 Å². The molecule has 1 aromatic heterocycles. The van der Waals surface area contributed by atoms with E-state index in [1.807, 2.05) is 25.1 Å². The zero-order chi connectivity index (χ0) is 14.8. The van der Waals surface area contributed by atoms with Gasteiger partial charge in [-0.25, -0.2) is 4.98 Å². The van der Waals surface area contributed by atoms with Gasteiger partial charge in [-0.2, -0.15) is 0 Å². The number of carbonyl (C=O) groups is 1. The van der Waals surface area contributed by atoms with Crippen LogP contribution in [0.3, 0.4) is 0 Å². The first-order chi connectivity index (χ1) is 10.1. The molecule has 5 nitrogen and oxygen atoms in total. The fourth-order valence-electron chi connectivity index (χ4n) is 2.09. The lowest BCUT2D eigenvalue weighted by Crippen LogP contribution is -2.21. The molecule has 21 heavy (non-hydrogen) atoms. The minimum atomic E-state index is -0.438. The van der Waals surface area contributed by atoms with Crippen LogP contribution in [0.1, 0.15) is 16.2 Å². The monoisotopic (exact) mass is 279 g/mol. The Kier molecular flexibility index (Phi) is 3.23. The lowest BCUT2D eigenvalue weighted by atomic mass is 10.2. The molecule has 0 atom stereocenters.